The molecule has 0 saturated heterocycles. The first-order chi connectivity index (χ1) is 1.00. The van der Waals surface area contributed by atoms with Crippen LogP contribution >= 0.6 is 41.8 Å². The molecule has 1 radical (unpaired) electrons. The van der Waals surface area contributed by atoms with Gasteiger partial charge in [-0.15, -0.1) is 41.8 Å². The van der Waals surface area contributed by atoms with Gasteiger partial charge in [-0.2, -0.15) is 0 Å². The molecule has 4 heavy (non-hydrogen) atoms. The van der Waals surface area contributed by atoms with Crippen LogP contribution in [0.5, 0.6) is 0 Å². The van der Waals surface area contributed by atoms with Crippen molar-refractivity contribution in [3.05, 3.63) is 0 Å². The van der Waals surface area contributed by atoms with E-state index in [1.165, 1.54) is 0 Å². The topological polar surface area (TPSA) is 0 Å². The molecule has 0 aromatic rings. The molecule has 2 unspecified atom stereocenters. The average Bonchev–Trinajstić information content (AvgIpc) is 1.00. The van der Waals surface area contributed by atoms with Gasteiger partial charge in [-0.25, -0.2) is 0 Å². The molecule has 0 aliphatic carbocycles. The zero-order chi connectivity index (χ0) is 2.00. The fourth-order valence-corrected chi connectivity index (χ4v) is 0. The van der Waals surface area contributed by atoms with Gasteiger partial charge in [0.1, 0.15) is 0 Å². The van der Waals surface area contributed by atoms with Crippen LogP contribution < -0.4 is 0 Å². The van der Waals surface area contributed by atoms with E-state index in [-0.39, 0.29) is 44.0 Å². The Morgan fingerprint density at radius 3 is 1.25 bits per heavy atom. The Hall–Kier alpha value is 2.17. The maximum Gasteiger partial charge on any atom is 0 e. The minimum atomic E-state index is 0. The van der Waals surface area contributed by atoms with Gasteiger partial charge in [0.25, 0.3) is 0 Å². The Balaban J connectivity index is -0.00000000167. The van der Waals surface area contributed by atoms with Crippen molar-refractivity contribution in [1.82, 2.24) is 0 Å². The van der Waals surface area contributed by atoms with Gasteiger partial charge in [0.15, 0.2) is 0 Å². The van der Waals surface area contributed by atoms with Crippen LogP contribution in [0.25, 0.3) is 0 Å². The summed E-state index contributed by atoms with van der Waals surface area (Å²) >= 11 is 0. The second-order valence-corrected chi connectivity index (χ2v) is 0. The fraction of sp³-hybridized carbons (Fsp3) is 0. The molecule has 2 atom stereocenters. The van der Waals surface area contributed by atoms with Crippen LogP contribution in [0.2, 0.25) is 0 Å². The molecule has 0 amide bonds. The molecule has 0 N–H and O–H groups in total. The molecule has 0 aromatic carbocycles. The Morgan fingerprint density at radius 1 is 1.25 bits per heavy atom. The van der Waals surface area contributed by atoms with Crippen LogP contribution in [0.1, 0.15) is 1.43 Å². The molecular formula is H7IP2V. The second kappa shape index (κ2) is 19.1. The van der Waals surface area contributed by atoms with E-state index in [2.05, 4.69) is 17.9 Å². The van der Waals surface area contributed by atoms with E-state index in [1.807, 2.05) is 0 Å². The zero-order valence-electron chi connectivity index (χ0n) is 2.01. The van der Waals surface area contributed by atoms with Gasteiger partial charge in [0, 0.05) is 20.0 Å². The van der Waals surface area contributed by atoms with E-state index >= 15 is 0 Å². The van der Waals surface area contributed by atoms with Gasteiger partial charge in [0.05, 0.1) is 0 Å². The first-order valence-corrected chi connectivity index (χ1v) is 3.00. The summed E-state index contributed by atoms with van der Waals surface area (Å²) in [6, 6.07) is 0. The summed E-state index contributed by atoms with van der Waals surface area (Å²) in [5.74, 6) is 0. The summed E-state index contributed by atoms with van der Waals surface area (Å²) in [6.07, 6.45) is 0. The van der Waals surface area contributed by atoms with Gasteiger partial charge < -0.3 is 0 Å². The van der Waals surface area contributed by atoms with Crippen LogP contribution in [-0.2, 0) is 18.6 Å². The number of hydrogen-bond acceptors (Lipinski definition) is 0. The standard InChI is InChI=1S/HI.H4P2.V.H2/c;1-2;;/h1H;1-2H2;;1H. The van der Waals surface area contributed by atoms with Gasteiger partial charge >= 0.3 is 0 Å². The van der Waals surface area contributed by atoms with Crippen molar-refractivity contribution >= 4 is 41.8 Å². The van der Waals surface area contributed by atoms with E-state index in [1.54, 1.807) is 0 Å². The van der Waals surface area contributed by atoms with E-state index in [0.29, 0.717) is 0 Å². The Kier molecular flexibility index (Phi) is 78.2. The van der Waals surface area contributed by atoms with Crippen molar-refractivity contribution in [3.8, 4) is 0 Å². The average molecular weight is 247 g/mol. The quantitative estimate of drug-likeness (QED) is 0.449. The number of hydrogen-bond donors (Lipinski definition) is 0. The maximum atomic E-state index is 2.33. The Labute approximate surface area is 61.6 Å². The molecule has 0 nitrogen and oxygen atoms in total. The molecule has 0 aliphatic rings. The van der Waals surface area contributed by atoms with E-state index in [0.717, 1.165) is 0 Å². The van der Waals surface area contributed by atoms with Crippen molar-refractivity contribution in [3.63, 3.8) is 0 Å². The van der Waals surface area contributed by atoms with Crippen LogP contribution in [0, 0.1) is 0 Å². The van der Waals surface area contributed by atoms with Gasteiger partial charge in [0.2, 0.25) is 0 Å². The van der Waals surface area contributed by atoms with Crippen LogP contribution in [0.3, 0.4) is 0 Å². The minimum absolute atomic E-state index is 0. The van der Waals surface area contributed by atoms with Gasteiger partial charge in [-0.1, -0.05) is 0 Å². The van der Waals surface area contributed by atoms with Crippen molar-refractivity contribution in [2.75, 3.05) is 0 Å². The molecule has 0 rings (SSSR count). The molecule has 0 fully saturated rings. The van der Waals surface area contributed by atoms with Crippen molar-refractivity contribution in [2.24, 2.45) is 0 Å². The van der Waals surface area contributed by atoms with Crippen LogP contribution in [-0.4, -0.2) is 0 Å². The smallest absolute Gasteiger partial charge is 0 e. The molecule has 0 aliphatic heterocycles. The molecule has 0 bridgehead atoms. The number of rotatable bonds is 0. The maximum absolute atomic E-state index is 2.33. The summed E-state index contributed by atoms with van der Waals surface area (Å²) in [5.41, 5.74) is 0. The first-order valence-electron chi connectivity index (χ1n) is 0.333. The second-order valence-electron chi connectivity index (χ2n) is 0. The van der Waals surface area contributed by atoms with Crippen molar-refractivity contribution in [2.45, 2.75) is 0 Å². The molecule has 4 heteroatoms. The third-order valence-electron chi connectivity index (χ3n) is 0. The monoisotopic (exact) mass is 247 g/mol. The molecule has 0 heterocycles. The fourth-order valence-electron chi connectivity index (χ4n) is 0. The molecule has 0 spiro atoms. The third-order valence-corrected chi connectivity index (χ3v) is 0. The van der Waals surface area contributed by atoms with Crippen LogP contribution in [0.4, 0.5) is 0 Å². The zero-order valence-corrected chi connectivity index (χ0v) is 8.05. The summed E-state index contributed by atoms with van der Waals surface area (Å²) in [7, 11) is 4.67. The number of halogens is 1. The normalized spacial score (nSPS) is 1.50. The molecule has 0 aromatic heterocycles. The van der Waals surface area contributed by atoms with Gasteiger partial charge in [-0.05, 0) is 0 Å². The minimum Gasteiger partial charge on any atom is -0.118 e. The Bertz CT molecular complexity index is 9.61. The Morgan fingerprint density at radius 2 is 1.25 bits per heavy atom. The predicted octanol–water partition coefficient (Wildman–Crippen LogP) is 1.51. The third kappa shape index (κ3) is 8.90. The largest absolute Gasteiger partial charge is 0.118 e. The van der Waals surface area contributed by atoms with E-state index in [9.17, 15) is 0 Å². The SMILES string of the molecule is I.PP.[HH].[V]. The molecular weight excluding hydrogens is 240 g/mol. The summed E-state index contributed by atoms with van der Waals surface area (Å²) in [4.78, 5) is 0. The van der Waals surface area contributed by atoms with Gasteiger partial charge in [-0.3, -0.25) is 0 Å². The van der Waals surface area contributed by atoms with E-state index in [4.69, 9.17) is 0 Å². The summed E-state index contributed by atoms with van der Waals surface area (Å²) < 4.78 is 0. The van der Waals surface area contributed by atoms with Crippen molar-refractivity contribution < 1.29 is 20.0 Å². The van der Waals surface area contributed by atoms with Crippen LogP contribution in [0.15, 0.2) is 0 Å². The molecule has 29 valence electrons. The first kappa shape index (κ1) is 16.4. The van der Waals surface area contributed by atoms with E-state index < -0.39 is 0 Å². The molecule has 0 saturated carbocycles. The summed E-state index contributed by atoms with van der Waals surface area (Å²) in [5, 5.41) is 0. The summed E-state index contributed by atoms with van der Waals surface area (Å²) in [6.45, 7) is 0. The predicted molar refractivity (Wildman–Crippen MR) is 36.9 cm³/mol. The van der Waals surface area contributed by atoms with Crippen molar-refractivity contribution in [1.29, 1.82) is 0 Å².